The third kappa shape index (κ3) is 4.56. The van der Waals surface area contributed by atoms with Crippen LogP contribution >= 0.6 is 46.4 Å². The Hall–Kier alpha value is -1.90. The maximum Gasteiger partial charge on any atom is 0.267 e. The molecule has 2 aromatic carbocycles. The Morgan fingerprint density at radius 1 is 1.04 bits per heavy atom. The van der Waals surface area contributed by atoms with Gasteiger partial charge >= 0.3 is 0 Å². The minimum absolute atomic E-state index is 0.179. The first-order valence-electron chi connectivity index (χ1n) is 6.49. The highest BCUT2D eigenvalue weighted by Gasteiger charge is 2.13. The maximum atomic E-state index is 12.2. The first-order chi connectivity index (χ1) is 11.4. The van der Waals surface area contributed by atoms with Gasteiger partial charge in [0, 0.05) is 11.2 Å². The Bertz CT molecular complexity index is 859. The van der Waals surface area contributed by atoms with Crippen molar-refractivity contribution in [1.82, 2.24) is 0 Å². The van der Waals surface area contributed by atoms with Crippen LogP contribution in [0.3, 0.4) is 0 Å². The quantitative estimate of drug-likeness (QED) is 0.506. The van der Waals surface area contributed by atoms with E-state index in [1.807, 2.05) is 0 Å². The second-order valence-electron chi connectivity index (χ2n) is 4.49. The monoisotopic (exact) mass is 399 g/mol. The number of hydrogen-bond acceptors (Lipinski definition) is 3. The summed E-state index contributed by atoms with van der Waals surface area (Å²) in [4.78, 5) is 12.2. The lowest BCUT2D eigenvalue weighted by molar-refractivity contribution is -0.112. The molecule has 0 unspecified atom stereocenters. The van der Waals surface area contributed by atoms with Crippen LogP contribution in [0.1, 0.15) is 0 Å². The largest absolute Gasteiger partial charge is 0.359 e. The second-order valence-corrected chi connectivity index (χ2v) is 6.12. The number of carbonyl (C=O) groups excluding carboxylic acids is 1. The molecule has 0 saturated carbocycles. The van der Waals surface area contributed by atoms with Gasteiger partial charge in [0.15, 0.2) is 0 Å². The zero-order valence-electron chi connectivity index (χ0n) is 11.9. The van der Waals surface area contributed by atoms with Gasteiger partial charge in [-0.3, -0.25) is 4.79 Å². The van der Waals surface area contributed by atoms with Gasteiger partial charge in [0.2, 0.25) is 0 Å². The van der Waals surface area contributed by atoms with Gasteiger partial charge in [0.1, 0.15) is 11.6 Å². The van der Waals surface area contributed by atoms with Gasteiger partial charge in [-0.1, -0.05) is 52.5 Å². The summed E-state index contributed by atoms with van der Waals surface area (Å²) in [5, 5.41) is 15.8. The normalized spacial score (nSPS) is 10.9. The standard InChI is InChI=1S/C16H9Cl4N3O/c17-10-4-5-11(18)14(6-10)22-8-9(7-21)16(24)23-13-3-1-2-12(19)15(13)20/h1-6,8,22H,(H,23,24)/b9-8-. The average molecular weight is 401 g/mol. The lowest BCUT2D eigenvalue weighted by atomic mass is 10.2. The summed E-state index contributed by atoms with van der Waals surface area (Å²) in [6, 6.07) is 11.4. The van der Waals surface area contributed by atoms with Crippen molar-refractivity contribution < 1.29 is 4.79 Å². The molecule has 0 atom stereocenters. The van der Waals surface area contributed by atoms with Crippen LogP contribution in [0.15, 0.2) is 48.2 Å². The Kier molecular flexibility index (Phi) is 6.36. The number of nitrogens with zero attached hydrogens (tertiary/aromatic N) is 1. The van der Waals surface area contributed by atoms with E-state index in [0.717, 1.165) is 0 Å². The van der Waals surface area contributed by atoms with Crippen molar-refractivity contribution in [2.75, 3.05) is 10.6 Å². The van der Waals surface area contributed by atoms with Crippen molar-refractivity contribution in [3.63, 3.8) is 0 Å². The number of nitrogens with one attached hydrogen (secondary N) is 2. The third-order valence-corrected chi connectivity index (χ3v) is 4.25. The first kappa shape index (κ1) is 18.4. The summed E-state index contributed by atoms with van der Waals surface area (Å²) in [5.74, 6) is -0.646. The van der Waals surface area contributed by atoms with Crippen molar-refractivity contribution >= 4 is 63.7 Å². The first-order valence-corrected chi connectivity index (χ1v) is 8.00. The Labute approximate surface area is 158 Å². The van der Waals surface area contributed by atoms with Crippen LogP contribution in [0, 0.1) is 11.3 Å². The smallest absolute Gasteiger partial charge is 0.267 e. The molecule has 2 rings (SSSR count). The fourth-order valence-electron chi connectivity index (χ4n) is 1.70. The molecule has 2 aromatic rings. The number of nitriles is 1. The van der Waals surface area contributed by atoms with Crippen LogP contribution in [-0.4, -0.2) is 5.91 Å². The van der Waals surface area contributed by atoms with E-state index in [-0.39, 0.29) is 10.6 Å². The van der Waals surface area contributed by atoms with Gasteiger partial charge in [-0.25, -0.2) is 0 Å². The van der Waals surface area contributed by atoms with Crippen molar-refractivity contribution in [2.45, 2.75) is 0 Å². The van der Waals surface area contributed by atoms with Crippen molar-refractivity contribution in [3.8, 4) is 6.07 Å². The molecule has 122 valence electrons. The predicted molar refractivity (Wildman–Crippen MR) is 98.9 cm³/mol. The molecule has 0 spiro atoms. The fraction of sp³-hybridized carbons (Fsp3) is 0. The summed E-state index contributed by atoms with van der Waals surface area (Å²) < 4.78 is 0. The molecule has 4 nitrogen and oxygen atoms in total. The van der Waals surface area contributed by atoms with Crippen LogP contribution in [0.4, 0.5) is 11.4 Å². The predicted octanol–water partition coefficient (Wildman–Crippen LogP) is 5.76. The van der Waals surface area contributed by atoms with Gasteiger partial charge < -0.3 is 10.6 Å². The van der Waals surface area contributed by atoms with E-state index in [9.17, 15) is 4.79 Å². The molecule has 8 heteroatoms. The zero-order chi connectivity index (χ0) is 17.7. The van der Waals surface area contributed by atoms with E-state index < -0.39 is 5.91 Å². The molecule has 0 bridgehead atoms. The van der Waals surface area contributed by atoms with Crippen LogP contribution in [-0.2, 0) is 4.79 Å². The molecule has 0 aromatic heterocycles. The fourth-order valence-corrected chi connectivity index (χ4v) is 2.39. The van der Waals surface area contributed by atoms with Gasteiger partial charge in [0.05, 0.1) is 26.4 Å². The number of rotatable bonds is 4. The summed E-state index contributed by atoms with van der Waals surface area (Å²) in [6.07, 6.45) is 1.23. The molecular weight excluding hydrogens is 392 g/mol. The molecule has 0 aliphatic rings. The van der Waals surface area contributed by atoms with Gasteiger partial charge in [-0.15, -0.1) is 0 Å². The molecule has 2 N–H and O–H groups in total. The lowest BCUT2D eigenvalue weighted by Gasteiger charge is -2.08. The third-order valence-electron chi connectivity index (χ3n) is 2.87. The molecule has 0 aliphatic heterocycles. The Morgan fingerprint density at radius 2 is 1.79 bits per heavy atom. The Balaban J connectivity index is 2.18. The zero-order valence-corrected chi connectivity index (χ0v) is 14.9. The molecule has 0 aliphatic carbocycles. The number of halogens is 4. The summed E-state index contributed by atoms with van der Waals surface area (Å²) in [7, 11) is 0. The second kappa shape index (κ2) is 8.27. The highest BCUT2D eigenvalue weighted by atomic mass is 35.5. The van der Waals surface area contributed by atoms with Crippen molar-refractivity contribution in [1.29, 1.82) is 5.26 Å². The molecule has 0 heterocycles. The van der Waals surface area contributed by atoms with E-state index in [4.69, 9.17) is 51.7 Å². The number of amides is 1. The minimum Gasteiger partial charge on any atom is -0.359 e. The minimum atomic E-state index is -0.646. The van der Waals surface area contributed by atoms with Gasteiger partial charge in [0.25, 0.3) is 5.91 Å². The summed E-state index contributed by atoms with van der Waals surface area (Å²) in [5.41, 5.74) is 0.587. The van der Waals surface area contributed by atoms with Gasteiger partial charge in [-0.05, 0) is 30.3 Å². The molecule has 0 saturated heterocycles. The van der Waals surface area contributed by atoms with Crippen LogP contribution in [0.2, 0.25) is 20.1 Å². The van der Waals surface area contributed by atoms with Crippen LogP contribution in [0.25, 0.3) is 0 Å². The van der Waals surface area contributed by atoms with Crippen LogP contribution < -0.4 is 10.6 Å². The van der Waals surface area contributed by atoms with E-state index in [2.05, 4.69) is 10.6 Å². The van der Waals surface area contributed by atoms with E-state index in [1.165, 1.54) is 6.20 Å². The van der Waals surface area contributed by atoms with E-state index >= 15 is 0 Å². The Morgan fingerprint density at radius 3 is 2.50 bits per heavy atom. The van der Waals surface area contributed by atoms with E-state index in [0.29, 0.717) is 26.4 Å². The average Bonchev–Trinajstić information content (AvgIpc) is 2.55. The highest BCUT2D eigenvalue weighted by molar-refractivity contribution is 6.44. The lowest BCUT2D eigenvalue weighted by Crippen LogP contribution is -2.15. The number of hydrogen-bond donors (Lipinski definition) is 2. The van der Waals surface area contributed by atoms with Crippen molar-refractivity contribution in [3.05, 3.63) is 68.3 Å². The molecule has 0 fully saturated rings. The number of carbonyl (C=O) groups is 1. The number of anilines is 2. The van der Waals surface area contributed by atoms with Gasteiger partial charge in [-0.2, -0.15) is 5.26 Å². The molecule has 24 heavy (non-hydrogen) atoms. The number of benzene rings is 2. The SMILES string of the molecule is N#C/C(=C/Nc1cc(Cl)ccc1Cl)C(=O)Nc1cccc(Cl)c1Cl. The van der Waals surface area contributed by atoms with Crippen LogP contribution in [0.5, 0.6) is 0 Å². The molecule has 1 amide bonds. The van der Waals surface area contributed by atoms with Crippen molar-refractivity contribution in [2.24, 2.45) is 0 Å². The highest BCUT2D eigenvalue weighted by Crippen LogP contribution is 2.30. The topological polar surface area (TPSA) is 64.9 Å². The maximum absolute atomic E-state index is 12.2. The summed E-state index contributed by atoms with van der Waals surface area (Å²) >= 11 is 23.8. The summed E-state index contributed by atoms with van der Waals surface area (Å²) in [6.45, 7) is 0. The molecular formula is C16H9Cl4N3O. The van der Waals surface area contributed by atoms with E-state index in [1.54, 1.807) is 42.5 Å². The molecule has 0 radical (unpaired) electrons.